The molecule has 1 fully saturated rings. The zero-order valence-corrected chi connectivity index (χ0v) is 27.2. The maximum Gasteiger partial charge on any atom is 0.264 e. The van der Waals surface area contributed by atoms with Crippen LogP contribution in [0.3, 0.4) is 0 Å². The third kappa shape index (κ3) is 8.34. The van der Waals surface area contributed by atoms with Gasteiger partial charge in [0.25, 0.3) is 10.0 Å². The summed E-state index contributed by atoms with van der Waals surface area (Å²) in [7, 11) is -4.16. The summed E-state index contributed by atoms with van der Waals surface area (Å²) in [6, 6.07) is 30.9. The molecule has 4 aromatic rings. The number of para-hydroxylation sites is 1. The molecule has 1 aliphatic rings. The van der Waals surface area contributed by atoms with Crippen molar-refractivity contribution in [3.05, 3.63) is 120 Å². The number of hydrogen-bond acceptors (Lipinski definition) is 5. The Bertz CT molecular complexity index is 1710. The molecule has 0 bridgehead atoms. The van der Waals surface area contributed by atoms with Gasteiger partial charge in [-0.25, -0.2) is 8.42 Å². The molecule has 0 spiro atoms. The van der Waals surface area contributed by atoms with Crippen LogP contribution in [-0.2, 0) is 26.2 Å². The summed E-state index contributed by atoms with van der Waals surface area (Å²) in [5.41, 5.74) is 2.17. The smallest absolute Gasteiger partial charge is 0.264 e. The van der Waals surface area contributed by atoms with Gasteiger partial charge in [-0.05, 0) is 80.8 Å². The number of hydrogen-bond donors (Lipinski definition) is 1. The van der Waals surface area contributed by atoms with Crippen LogP contribution in [0.1, 0.15) is 50.2 Å². The standard InChI is InChI=1S/C37H41N3O5S/c1-28-13-12-14-30(25-28)26-39(29(2)37(42)38-31-15-6-3-7-16-31)36(41)27-40(46(43,44)35-19-10-5-11-20-35)32-21-23-34(24-22-32)45-33-17-8-4-9-18-33/h4-5,8-14,17-25,29,31H,3,6-7,15-16,26-27H2,1-2H3,(H,38,42). The van der Waals surface area contributed by atoms with Crippen LogP contribution in [0.25, 0.3) is 0 Å². The number of carbonyl (C=O) groups is 2. The molecule has 4 aromatic carbocycles. The molecule has 1 saturated carbocycles. The van der Waals surface area contributed by atoms with Crippen molar-refractivity contribution in [1.82, 2.24) is 10.2 Å². The highest BCUT2D eigenvalue weighted by atomic mass is 32.2. The van der Waals surface area contributed by atoms with Gasteiger partial charge in [-0.15, -0.1) is 0 Å². The van der Waals surface area contributed by atoms with E-state index in [9.17, 15) is 18.0 Å². The summed E-state index contributed by atoms with van der Waals surface area (Å²) in [5, 5.41) is 3.14. The average Bonchev–Trinajstić information content (AvgIpc) is 3.07. The molecule has 9 heteroatoms. The van der Waals surface area contributed by atoms with E-state index in [0.29, 0.717) is 17.2 Å². The second-order valence-electron chi connectivity index (χ2n) is 11.8. The molecule has 2 amide bonds. The highest BCUT2D eigenvalue weighted by molar-refractivity contribution is 7.92. The van der Waals surface area contributed by atoms with Gasteiger partial charge in [0.2, 0.25) is 11.8 Å². The number of rotatable bonds is 12. The predicted molar refractivity (Wildman–Crippen MR) is 180 cm³/mol. The van der Waals surface area contributed by atoms with Gasteiger partial charge in [0.15, 0.2) is 0 Å². The lowest BCUT2D eigenvalue weighted by Gasteiger charge is -2.33. The van der Waals surface area contributed by atoms with Crippen LogP contribution in [0.15, 0.2) is 114 Å². The van der Waals surface area contributed by atoms with Crippen LogP contribution < -0.4 is 14.4 Å². The number of aryl methyl sites for hydroxylation is 1. The van der Waals surface area contributed by atoms with Gasteiger partial charge in [-0.2, -0.15) is 0 Å². The molecule has 1 aliphatic carbocycles. The molecule has 0 heterocycles. The molecule has 8 nitrogen and oxygen atoms in total. The Morgan fingerprint density at radius 3 is 2.11 bits per heavy atom. The number of nitrogens with zero attached hydrogens (tertiary/aromatic N) is 2. The maximum absolute atomic E-state index is 14.3. The summed E-state index contributed by atoms with van der Waals surface area (Å²) in [4.78, 5) is 29.3. The monoisotopic (exact) mass is 639 g/mol. The lowest BCUT2D eigenvalue weighted by atomic mass is 9.95. The van der Waals surface area contributed by atoms with Crippen LogP contribution in [0.5, 0.6) is 11.5 Å². The molecule has 46 heavy (non-hydrogen) atoms. The van der Waals surface area contributed by atoms with Gasteiger partial charge in [0, 0.05) is 12.6 Å². The van der Waals surface area contributed by atoms with E-state index in [4.69, 9.17) is 4.74 Å². The molecular formula is C37H41N3O5S. The molecule has 240 valence electrons. The summed E-state index contributed by atoms with van der Waals surface area (Å²) >= 11 is 0. The molecule has 0 radical (unpaired) electrons. The first kappa shape index (κ1) is 32.8. The molecule has 1 unspecified atom stereocenters. The van der Waals surface area contributed by atoms with Crippen molar-refractivity contribution in [3.63, 3.8) is 0 Å². The van der Waals surface area contributed by atoms with Gasteiger partial charge in [-0.3, -0.25) is 13.9 Å². The van der Waals surface area contributed by atoms with Crippen molar-refractivity contribution in [1.29, 1.82) is 0 Å². The van der Waals surface area contributed by atoms with Crippen LogP contribution >= 0.6 is 0 Å². The van der Waals surface area contributed by atoms with E-state index in [-0.39, 0.29) is 23.4 Å². The molecule has 1 N–H and O–H groups in total. The lowest BCUT2D eigenvalue weighted by molar-refractivity contribution is -0.139. The average molecular weight is 640 g/mol. The first-order chi connectivity index (χ1) is 22.2. The summed E-state index contributed by atoms with van der Waals surface area (Å²) in [6.07, 6.45) is 5.11. The van der Waals surface area contributed by atoms with Gasteiger partial charge in [0.1, 0.15) is 24.1 Å². The van der Waals surface area contributed by atoms with Crippen molar-refractivity contribution < 1.29 is 22.7 Å². The lowest BCUT2D eigenvalue weighted by Crippen LogP contribution is -2.53. The first-order valence-electron chi connectivity index (χ1n) is 15.8. The fourth-order valence-corrected chi connectivity index (χ4v) is 7.15. The Balaban J connectivity index is 1.45. The topological polar surface area (TPSA) is 96.0 Å². The van der Waals surface area contributed by atoms with E-state index < -0.39 is 28.5 Å². The number of nitrogens with one attached hydrogen (secondary N) is 1. The molecule has 5 rings (SSSR count). The number of amides is 2. The van der Waals surface area contributed by atoms with Gasteiger partial charge in [0.05, 0.1) is 10.6 Å². The van der Waals surface area contributed by atoms with Gasteiger partial charge >= 0.3 is 0 Å². The molecular weight excluding hydrogens is 598 g/mol. The van der Waals surface area contributed by atoms with E-state index in [1.807, 2.05) is 61.5 Å². The maximum atomic E-state index is 14.3. The van der Waals surface area contributed by atoms with Crippen molar-refractivity contribution in [2.45, 2.75) is 69.5 Å². The largest absolute Gasteiger partial charge is 0.457 e. The highest BCUT2D eigenvalue weighted by Crippen LogP contribution is 2.29. The zero-order valence-electron chi connectivity index (χ0n) is 26.3. The minimum absolute atomic E-state index is 0.0562. The number of carbonyl (C=O) groups excluding carboxylic acids is 2. The van der Waals surface area contributed by atoms with E-state index in [0.717, 1.165) is 47.5 Å². The fraction of sp³-hybridized carbons (Fsp3) is 0.297. The molecule has 0 saturated heterocycles. The number of benzene rings is 4. The summed E-state index contributed by atoms with van der Waals surface area (Å²) in [5.74, 6) is 0.434. The summed E-state index contributed by atoms with van der Waals surface area (Å²) in [6.45, 7) is 3.33. The normalized spacial score (nSPS) is 14.2. The van der Waals surface area contributed by atoms with Crippen molar-refractivity contribution in [2.75, 3.05) is 10.8 Å². The van der Waals surface area contributed by atoms with Gasteiger partial charge < -0.3 is 15.0 Å². The first-order valence-corrected chi connectivity index (χ1v) is 17.2. The third-order valence-corrected chi connectivity index (χ3v) is 10.1. The highest BCUT2D eigenvalue weighted by Gasteiger charge is 2.33. The van der Waals surface area contributed by atoms with E-state index in [1.54, 1.807) is 49.4 Å². The minimum atomic E-state index is -4.16. The van der Waals surface area contributed by atoms with Crippen molar-refractivity contribution >= 4 is 27.5 Å². The Hall–Kier alpha value is -4.63. The van der Waals surface area contributed by atoms with E-state index in [2.05, 4.69) is 5.32 Å². The predicted octanol–water partition coefficient (Wildman–Crippen LogP) is 6.85. The second kappa shape index (κ2) is 15.1. The molecule has 0 aromatic heterocycles. The zero-order chi connectivity index (χ0) is 32.5. The Kier molecular flexibility index (Phi) is 10.8. The van der Waals surface area contributed by atoms with Crippen molar-refractivity contribution in [2.24, 2.45) is 0 Å². The third-order valence-electron chi connectivity index (χ3n) is 8.27. The van der Waals surface area contributed by atoms with Crippen LogP contribution in [0.2, 0.25) is 0 Å². The fourth-order valence-electron chi connectivity index (χ4n) is 5.71. The van der Waals surface area contributed by atoms with Crippen molar-refractivity contribution in [3.8, 4) is 11.5 Å². The van der Waals surface area contributed by atoms with Crippen LogP contribution in [-0.4, -0.2) is 43.8 Å². The Morgan fingerprint density at radius 2 is 1.46 bits per heavy atom. The number of anilines is 1. The molecule has 1 atom stereocenters. The Labute approximate surface area is 272 Å². The van der Waals surface area contributed by atoms with Crippen LogP contribution in [0.4, 0.5) is 5.69 Å². The van der Waals surface area contributed by atoms with Gasteiger partial charge in [-0.1, -0.05) is 85.5 Å². The summed E-state index contributed by atoms with van der Waals surface area (Å²) < 4.78 is 35.2. The number of sulfonamides is 1. The minimum Gasteiger partial charge on any atom is -0.457 e. The Morgan fingerprint density at radius 1 is 0.826 bits per heavy atom. The van der Waals surface area contributed by atoms with Crippen LogP contribution in [0, 0.1) is 6.92 Å². The SMILES string of the molecule is Cc1cccc(CN(C(=O)CN(c2ccc(Oc3ccccc3)cc2)S(=O)(=O)c2ccccc2)C(C)C(=O)NC2CCCCC2)c1. The van der Waals surface area contributed by atoms with E-state index >= 15 is 0 Å². The molecule has 0 aliphatic heterocycles. The second-order valence-corrected chi connectivity index (χ2v) is 13.6. The van der Waals surface area contributed by atoms with E-state index in [1.165, 1.54) is 17.0 Å². The number of ether oxygens (including phenoxy) is 1. The quantitative estimate of drug-likeness (QED) is 0.183.